The first-order valence-corrected chi connectivity index (χ1v) is 7.67. The minimum Gasteiger partial charge on any atom is -0.378 e. The van der Waals surface area contributed by atoms with E-state index in [9.17, 15) is 4.39 Å². The number of aromatic nitrogens is 1. The first-order chi connectivity index (χ1) is 10.2. The van der Waals surface area contributed by atoms with Gasteiger partial charge in [0, 0.05) is 16.6 Å². The van der Waals surface area contributed by atoms with E-state index in [0.29, 0.717) is 6.54 Å². The Kier molecular flexibility index (Phi) is 4.18. The van der Waals surface area contributed by atoms with E-state index in [-0.39, 0.29) is 5.02 Å². The summed E-state index contributed by atoms with van der Waals surface area (Å²) in [6, 6.07) is 14.6. The predicted molar refractivity (Wildman–Crippen MR) is 86.3 cm³/mol. The van der Waals surface area contributed by atoms with Crippen LogP contribution in [-0.4, -0.2) is 4.98 Å². The van der Waals surface area contributed by atoms with Crippen LogP contribution >= 0.6 is 22.9 Å². The fraction of sp³-hybridized carbons (Fsp3) is 0.0625. The van der Waals surface area contributed by atoms with Crippen molar-refractivity contribution in [2.75, 3.05) is 5.32 Å². The average Bonchev–Trinajstić information content (AvgIpc) is 2.98. The summed E-state index contributed by atoms with van der Waals surface area (Å²) < 4.78 is 13.1. The largest absolute Gasteiger partial charge is 0.378 e. The molecule has 1 heterocycles. The molecule has 0 bridgehead atoms. The Labute approximate surface area is 131 Å². The van der Waals surface area contributed by atoms with Crippen LogP contribution in [0.1, 0.15) is 5.01 Å². The highest BCUT2D eigenvalue weighted by Crippen LogP contribution is 2.23. The van der Waals surface area contributed by atoms with E-state index < -0.39 is 5.82 Å². The standard InChI is InChI=1S/C16H12ClFN2S/c17-13-8-12(6-7-14(13)18)19-9-16-20-15(10-21-16)11-4-2-1-3-5-11/h1-8,10,19H,9H2. The van der Waals surface area contributed by atoms with Gasteiger partial charge in [-0.3, -0.25) is 0 Å². The first-order valence-electron chi connectivity index (χ1n) is 6.41. The summed E-state index contributed by atoms with van der Waals surface area (Å²) in [4.78, 5) is 4.58. The summed E-state index contributed by atoms with van der Waals surface area (Å²) in [7, 11) is 0. The molecular formula is C16H12ClFN2S. The number of rotatable bonds is 4. The molecule has 0 radical (unpaired) electrons. The molecule has 0 amide bonds. The van der Waals surface area contributed by atoms with Crippen molar-refractivity contribution in [2.24, 2.45) is 0 Å². The lowest BCUT2D eigenvalue weighted by atomic mass is 10.2. The zero-order valence-corrected chi connectivity index (χ0v) is 12.6. The molecule has 0 aliphatic carbocycles. The molecular weight excluding hydrogens is 307 g/mol. The van der Waals surface area contributed by atoms with Gasteiger partial charge in [0.25, 0.3) is 0 Å². The molecule has 106 valence electrons. The van der Waals surface area contributed by atoms with Gasteiger partial charge in [-0.25, -0.2) is 9.37 Å². The molecule has 3 rings (SSSR count). The second-order valence-electron chi connectivity index (χ2n) is 4.47. The molecule has 2 nitrogen and oxygen atoms in total. The van der Waals surface area contributed by atoms with Gasteiger partial charge in [-0.1, -0.05) is 41.9 Å². The lowest BCUT2D eigenvalue weighted by Gasteiger charge is -2.04. The Morgan fingerprint density at radius 2 is 1.95 bits per heavy atom. The zero-order chi connectivity index (χ0) is 14.7. The molecule has 2 aromatic carbocycles. The summed E-state index contributed by atoms with van der Waals surface area (Å²) >= 11 is 7.34. The molecule has 0 fully saturated rings. The fourth-order valence-electron chi connectivity index (χ4n) is 1.92. The van der Waals surface area contributed by atoms with Gasteiger partial charge in [-0.05, 0) is 18.2 Å². The van der Waals surface area contributed by atoms with Crippen LogP contribution in [0, 0.1) is 5.82 Å². The molecule has 0 atom stereocenters. The monoisotopic (exact) mass is 318 g/mol. The Bertz CT molecular complexity index is 743. The minimum absolute atomic E-state index is 0.115. The molecule has 0 spiro atoms. The highest BCUT2D eigenvalue weighted by atomic mass is 35.5. The van der Waals surface area contributed by atoms with E-state index in [2.05, 4.69) is 10.3 Å². The molecule has 0 aliphatic rings. The van der Waals surface area contributed by atoms with E-state index in [1.807, 2.05) is 35.7 Å². The third-order valence-electron chi connectivity index (χ3n) is 2.98. The Hall–Kier alpha value is -1.91. The van der Waals surface area contributed by atoms with Gasteiger partial charge in [-0.2, -0.15) is 0 Å². The predicted octanol–water partition coefficient (Wildman–Crippen LogP) is 5.21. The van der Waals surface area contributed by atoms with Crippen molar-refractivity contribution in [3.63, 3.8) is 0 Å². The van der Waals surface area contributed by atoms with Crippen LogP contribution in [0.15, 0.2) is 53.9 Å². The van der Waals surface area contributed by atoms with Crippen LogP contribution in [0.4, 0.5) is 10.1 Å². The smallest absolute Gasteiger partial charge is 0.141 e. The van der Waals surface area contributed by atoms with Crippen molar-refractivity contribution in [3.05, 3.63) is 69.8 Å². The number of halogens is 2. The van der Waals surface area contributed by atoms with E-state index in [1.165, 1.54) is 6.07 Å². The lowest BCUT2D eigenvalue weighted by Crippen LogP contribution is -1.99. The molecule has 0 saturated carbocycles. The van der Waals surface area contributed by atoms with Crippen LogP contribution in [0.5, 0.6) is 0 Å². The molecule has 0 saturated heterocycles. The second kappa shape index (κ2) is 6.24. The van der Waals surface area contributed by atoms with Gasteiger partial charge in [-0.15, -0.1) is 11.3 Å². The Morgan fingerprint density at radius 1 is 1.14 bits per heavy atom. The molecule has 1 aromatic heterocycles. The molecule has 1 N–H and O–H groups in total. The van der Waals surface area contributed by atoms with Crippen LogP contribution in [0.25, 0.3) is 11.3 Å². The summed E-state index contributed by atoms with van der Waals surface area (Å²) in [6.07, 6.45) is 0. The van der Waals surface area contributed by atoms with E-state index in [1.54, 1.807) is 23.5 Å². The molecule has 0 aliphatic heterocycles. The van der Waals surface area contributed by atoms with E-state index in [0.717, 1.165) is 22.0 Å². The number of nitrogens with zero attached hydrogens (tertiary/aromatic N) is 1. The minimum atomic E-state index is -0.414. The maximum absolute atomic E-state index is 13.1. The van der Waals surface area contributed by atoms with E-state index >= 15 is 0 Å². The van der Waals surface area contributed by atoms with Crippen molar-refractivity contribution in [3.8, 4) is 11.3 Å². The normalized spacial score (nSPS) is 10.6. The van der Waals surface area contributed by atoms with Gasteiger partial charge in [0.15, 0.2) is 0 Å². The number of nitrogens with one attached hydrogen (secondary N) is 1. The van der Waals surface area contributed by atoms with Gasteiger partial charge in [0.1, 0.15) is 10.8 Å². The summed E-state index contributed by atoms with van der Waals surface area (Å²) in [5.74, 6) is -0.414. The van der Waals surface area contributed by atoms with Gasteiger partial charge >= 0.3 is 0 Å². The molecule has 0 unspecified atom stereocenters. The van der Waals surface area contributed by atoms with Crippen LogP contribution < -0.4 is 5.32 Å². The lowest BCUT2D eigenvalue weighted by molar-refractivity contribution is 0.628. The van der Waals surface area contributed by atoms with Crippen molar-refractivity contribution in [2.45, 2.75) is 6.54 Å². The number of hydrogen-bond donors (Lipinski definition) is 1. The maximum atomic E-state index is 13.1. The van der Waals surface area contributed by atoms with Crippen LogP contribution in [-0.2, 0) is 6.54 Å². The highest BCUT2D eigenvalue weighted by molar-refractivity contribution is 7.09. The summed E-state index contributed by atoms with van der Waals surface area (Å²) in [6.45, 7) is 0.583. The first kappa shape index (κ1) is 14.0. The van der Waals surface area contributed by atoms with E-state index in [4.69, 9.17) is 11.6 Å². The van der Waals surface area contributed by atoms with Crippen LogP contribution in [0.2, 0.25) is 5.02 Å². The second-order valence-corrected chi connectivity index (χ2v) is 5.82. The SMILES string of the molecule is Fc1ccc(NCc2nc(-c3ccccc3)cs2)cc1Cl. The van der Waals surface area contributed by atoms with Crippen LogP contribution in [0.3, 0.4) is 0 Å². The maximum Gasteiger partial charge on any atom is 0.141 e. The van der Waals surface area contributed by atoms with Crippen molar-refractivity contribution in [1.29, 1.82) is 0 Å². The summed E-state index contributed by atoms with van der Waals surface area (Å²) in [5.41, 5.74) is 2.84. The van der Waals surface area contributed by atoms with Gasteiger partial charge in [0.05, 0.1) is 17.3 Å². The third-order valence-corrected chi connectivity index (χ3v) is 4.12. The third kappa shape index (κ3) is 3.40. The summed E-state index contributed by atoms with van der Waals surface area (Å²) in [5, 5.41) is 6.30. The van der Waals surface area contributed by atoms with Crippen molar-refractivity contribution in [1.82, 2.24) is 4.98 Å². The number of benzene rings is 2. The Morgan fingerprint density at radius 3 is 2.71 bits per heavy atom. The van der Waals surface area contributed by atoms with Gasteiger partial charge < -0.3 is 5.32 Å². The highest BCUT2D eigenvalue weighted by Gasteiger charge is 2.05. The van der Waals surface area contributed by atoms with Gasteiger partial charge in [0.2, 0.25) is 0 Å². The quantitative estimate of drug-likeness (QED) is 0.714. The zero-order valence-electron chi connectivity index (χ0n) is 11.0. The average molecular weight is 319 g/mol. The Balaban J connectivity index is 1.69. The number of hydrogen-bond acceptors (Lipinski definition) is 3. The number of anilines is 1. The molecule has 5 heteroatoms. The fourth-order valence-corrected chi connectivity index (χ4v) is 2.84. The molecule has 3 aromatic rings. The van der Waals surface area contributed by atoms with Crippen molar-refractivity contribution >= 4 is 28.6 Å². The topological polar surface area (TPSA) is 24.9 Å². The van der Waals surface area contributed by atoms with Crippen molar-refractivity contribution < 1.29 is 4.39 Å². The number of thiazole rings is 1. The molecule has 21 heavy (non-hydrogen) atoms.